The van der Waals surface area contributed by atoms with Gasteiger partial charge in [-0.05, 0) is 38.0 Å². The number of hydrogen-bond donors (Lipinski definition) is 2. The van der Waals surface area contributed by atoms with Gasteiger partial charge < -0.3 is 5.73 Å². The summed E-state index contributed by atoms with van der Waals surface area (Å²) in [5.74, 6) is 0.852. The van der Waals surface area contributed by atoms with Crippen LogP contribution in [0.25, 0.3) is 0 Å². The molecule has 2 saturated carbocycles. The molecule has 0 radical (unpaired) electrons. The normalized spacial score (nSPS) is 53.4. The summed E-state index contributed by atoms with van der Waals surface area (Å²) in [6.45, 7) is 0. The molecule has 1 nitrogen and oxygen atoms in total. The van der Waals surface area contributed by atoms with E-state index in [-0.39, 0.29) is 5.54 Å². The first-order chi connectivity index (χ1) is 4.71. The van der Waals surface area contributed by atoms with Gasteiger partial charge in [0, 0.05) is 10.8 Å². The van der Waals surface area contributed by atoms with Crippen molar-refractivity contribution in [2.24, 2.45) is 11.7 Å². The van der Waals surface area contributed by atoms with Gasteiger partial charge in [0.25, 0.3) is 0 Å². The van der Waals surface area contributed by atoms with E-state index in [0.717, 1.165) is 5.92 Å². The van der Waals surface area contributed by atoms with Gasteiger partial charge >= 0.3 is 0 Å². The van der Waals surface area contributed by atoms with E-state index in [1.807, 2.05) is 0 Å². The van der Waals surface area contributed by atoms with Gasteiger partial charge in [0.2, 0.25) is 0 Å². The Morgan fingerprint density at radius 2 is 2.10 bits per heavy atom. The lowest BCUT2D eigenvalue weighted by Crippen LogP contribution is -2.24. The van der Waals surface area contributed by atoms with Gasteiger partial charge in [-0.2, -0.15) is 12.6 Å². The third kappa shape index (κ3) is 1.08. The second-order valence-electron chi connectivity index (χ2n) is 3.90. The van der Waals surface area contributed by atoms with Crippen molar-refractivity contribution in [3.05, 3.63) is 0 Å². The summed E-state index contributed by atoms with van der Waals surface area (Å²) < 4.78 is 0. The molecule has 2 fully saturated rings. The van der Waals surface area contributed by atoms with Crippen molar-refractivity contribution in [2.75, 3.05) is 0 Å². The Kier molecular flexibility index (Phi) is 1.50. The SMILES string of the molecule is NC12CC[C@H](S)CCC1C2. The zero-order chi connectivity index (χ0) is 7.19. The van der Waals surface area contributed by atoms with Gasteiger partial charge in [-0.25, -0.2) is 0 Å². The average molecular weight is 157 g/mol. The van der Waals surface area contributed by atoms with Crippen LogP contribution in [0.2, 0.25) is 0 Å². The molecule has 3 atom stereocenters. The Morgan fingerprint density at radius 1 is 1.30 bits per heavy atom. The van der Waals surface area contributed by atoms with Crippen LogP contribution >= 0.6 is 12.6 Å². The van der Waals surface area contributed by atoms with Crippen molar-refractivity contribution in [3.63, 3.8) is 0 Å². The summed E-state index contributed by atoms with van der Waals surface area (Å²) in [6, 6.07) is 0. The third-order valence-electron chi connectivity index (χ3n) is 3.07. The van der Waals surface area contributed by atoms with Gasteiger partial charge in [0.1, 0.15) is 0 Å². The fourth-order valence-corrected chi connectivity index (χ4v) is 2.35. The van der Waals surface area contributed by atoms with Crippen molar-refractivity contribution in [1.29, 1.82) is 0 Å². The summed E-state index contributed by atoms with van der Waals surface area (Å²) in [6.07, 6.45) is 6.34. The fourth-order valence-electron chi connectivity index (χ4n) is 2.07. The Labute approximate surface area is 67.8 Å². The van der Waals surface area contributed by atoms with E-state index in [0.29, 0.717) is 5.25 Å². The first-order valence-electron chi connectivity index (χ1n) is 4.18. The molecule has 2 aliphatic rings. The standard InChI is InChI=1S/C8H15NS/c9-8-4-3-7(10)2-1-6(8)5-8/h6-7,10H,1-5,9H2/t6?,7-,8?/m1/s1. The molecule has 0 amide bonds. The van der Waals surface area contributed by atoms with Gasteiger partial charge in [-0.15, -0.1) is 0 Å². The average Bonchev–Trinajstić information content (AvgIpc) is 2.54. The van der Waals surface area contributed by atoms with Crippen LogP contribution in [0.3, 0.4) is 0 Å². The molecule has 0 heterocycles. The predicted molar refractivity (Wildman–Crippen MR) is 46.3 cm³/mol. The predicted octanol–water partition coefficient (Wildman–Crippen LogP) is 1.58. The molecular weight excluding hydrogens is 142 g/mol. The Hall–Kier alpha value is 0.310. The monoisotopic (exact) mass is 157 g/mol. The van der Waals surface area contributed by atoms with E-state index in [2.05, 4.69) is 12.6 Å². The van der Waals surface area contributed by atoms with E-state index >= 15 is 0 Å². The van der Waals surface area contributed by atoms with E-state index in [9.17, 15) is 0 Å². The largest absolute Gasteiger partial charge is 0.325 e. The maximum absolute atomic E-state index is 6.08. The minimum atomic E-state index is 0.261. The summed E-state index contributed by atoms with van der Waals surface area (Å²) in [4.78, 5) is 0. The molecule has 58 valence electrons. The van der Waals surface area contributed by atoms with Crippen LogP contribution in [0, 0.1) is 5.92 Å². The molecule has 2 aliphatic carbocycles. The zero-order valence-electron chi connectivity index (χ0n) is 6.21. The van der Waals surface area contributed by atoms with Crippen LogP contribution in [-0.4, -0.2) is 10.8 Å². The van der Waals surface area contributed by atoms with Crippen LogP contribution in [0.15, 0.2) is 0 Å². The van der Waals surface area contributed by atoms with Crippen LogP contribution < -0.4 is 5.73 Å². The quantitative estimate of drug-likeness (QED) is 0.513. The summed E-state index contributed by atoms with van der Waals surface area (Å²) >= 11 is 4.47. The Balaban J connectivity index is 1.98. The lowest BCUT2D eigenvalue weighted by molar-refractivity contribution is 0.558. The zero-order valence-corrected chi connectivity index (χ0v) is 7.11. The molecule has 2 rings (SSSR count). The molecule has 0 aromatic heterocycles. The summed E-state index contributed by atoms with van der Waals surface area (Å²) in [7, 11) is 0. The van der Waals surface area contributed by atoms with E-state index in [1.165, 1.54) is 32.1 Å². The molecule has 2 unspecified atom stereocenters. The smallest absolute Gasteiger partial charge is 0.0187 e. The topological polar surface area (TPSA) is 26.0 Å². The second kappa shape index (κ2) is 2.15. The van der Waals surface area contributed by atoms with Crippen molar-refractivity contribution in [2.45, 2.75) is 42.9 Å². The first kappa shape index (κ1) is 6.99. The summed E-state index contributed by atoms with van der Waals surface area (Å²) in [5, 5.41) is 0.633. The molecule has 2 N–H and O–H groups in total. The number of rotatable bonds is 0. The van der Waals surface area contributed by atoms with Crippen LogP contribution in [0.4, 0.5) is 0 Å². The van der Waals surface area contributed by atoms with Crippen LogP contribution in [-0.2, 0) is 0 Å². The molecule has 0 bridgehead atoms. The fraction of sp³-hybridized carbons (Fsp3) is 1.00. The molecule has 0 aliphatic heterocycles. The maximum Gasteiger partial charge on any atom is 0.0187 e. The Morgan fingerprint density at radius 3 is 2.90 bits per heavy atom. The van der Waals surface area contributed by atoms with Gasteiger partial charge in [0.15, 0.2) is 0 Å². The van der Waals surface area contributed by atoms with Crippen molar-refractivity contribution < 1.29 is 0 Å². The molecule has 10 heavy (non-hydrogen) atoms. The molecule has 2 heteroatoms. The lowest BCUT2D eigenvalue weighted by Gasteiger charge is -2.08. The van der Waals surface area contributed by atoms with Crippen LogP contribution in [0.5, 0.6) is 0 Å². The number of thiol groups is 1. The molecule has 0 aromatic carbocycles. The number of hydrogen-bond acceptors (Lipinski definition) is 2. The van der Waals surface area contributed by atoms with Crippen molar-refractivity contribution in [3.8, 4) is 0 Å². The molecular formula is C8H15NS. The van der Waals surface area contributed by atoms with E-state index in [1.54, 1.807) is 0 Å². The highest BCUT2D eigenvalue weighted by atomic mass is 32.1. The van der Waals surface area contributed by atoms with Crippen molar-refractivity contribution >= 4 is 12.6 Å². The highest BCUT2D eigenvalue weighted by Gasteiger charge is 2.51. The number of nitrogens with two attached hydrogens (primary N) is 1. The second-order valence-corrected chi connectivity index (χ2v) is 4.63. The molecule has 0 aromatic rings. The lowest BCUT2D eigenvalue weighted by atomic mass is 10.1. The van der Waals surface area contributed by atoms with E-state index < -0.39 is 0 Å². The minimum absolute atomic E-state index is 0.261. The van der Waals surface area contributed by atoms with E-state index in [4.69, 9.17) is 5.73 Å². The van der Waals surface area contributed by atoms with Gasteiger partial charge in [-0.1, -0.05) is 0 Å². The minimum Gasteiger partial charge on any atom is -0.325 e. The maximum atomic E-state index is 6.08. The van der Waals surface area contributed by atoms with Crippen molar-refractivity contribution in [1.82, 2.24) is 0 Å². The van der Waals surface area contributed by atoms with Crippen LogP contribution in [0.1, 0.15) is 32.1 Å². The third-order valence-corrected chi connectivity index (χ3v) is 3.59. The highest BCUT2D eigenvalue weighted by Crippen LogP contribution is 2.50. The molecule has 0 saturated heterocycles. The Bertz CT molecular complexity index is 148. The summed E-state index contributed by atoms with van der Waals surface area (Å²) in [5.41, 5.74) is 6.34. The molecule has 0 spiro atoms. The number of fused-ring (bicyclic) bond motifs is 1. The van der Waals surface area contributed by atoms with Gasteiger partial charge in [0.05, 0.1) is 0 Å². The highest BCUT2D eigenvalue weighted by molar-refractivity contribution is 7.80. The van der Waals surface area contributed by atoms with Gasteiger partial charge in [-0.3, -0.25) is 0 Å². The first-order valence-corrected chi connectivity index (χ1v) is 4.69.